The molecule has 1 saturated carbocycles. The number of halogens is 2. The van der Waals surface area contributed by atoms with Gasteiger partial charge in [-0.15, -0.1) is 0 Å². The van der Waals surface area contributed by atoms with E-state index in [4.69, 9.17) is 27.9 Å². The van der Waals surface area contributed by atoms with Crippen LogP contribution in [0.3, 0.4) is 0 Å². The first-order valence-corrected chi connectivity index (χ1v) is 7.28. The molecule has 0 bridgehead atoms. The molecule has 0 spiro atoms. The third kappa shape index (κ3) is 3.42. The molecule has 0 saturated heterocycles. The van der Waals surface area contributed by atoms with E-state index in [-0.39, 0.29) is 0 Å². The van der Waals surface area contributed by atoms with E-state index in [0.29, 0.717) is 27.6 Å². The lowest BCUT2D eigenvalue weighted by molar-refractivity contribution is 0.480. The molecular formula is C15H14Cl2N2O. The van der Waals surface area contributed by atoms with Gasteiger partial charge in [-0.1, -0.05) is 29.3 Å². The minimum absolute atomic E-state index is 0.420. The Bertz CT molecular complexity index is 615. The number of nitrogens with zero attached hydrogens (tertiary/aromatic N) is 1. The zero-order valence-electron chi connectivity index (χ0n) is 10.8. The highest BCUT2D eigenvalue weighted by Gasteiger charge is 2.20. The number of rotatable bonds is 5. The van der Waals surface area contributed by atoms with Gasteiger partial charge in [0.2, 0.25) is 0 Å². The Morgan fingerprint density at radius 2 is 2.10 bits per heavy atom. The van der Waals surface area contributed by atoms with Crippen LogP contribution in [0.15, 0.2) is 36.5 Å². The molecule has 3 rings (SSSR count). The van der Waals surface area contributed by atoms with Gasteiger partial charge in [0, 0.05) is 24.8 Å². The van der Waals surface area contributed by atoms with E-state index in [1.807, 2.05) is 6.07 Å². The summed E-state index contributed by atoms with van der Waals surface area (Å²) in [5, 5.41) is 4.32. The van der Waals surface area contributed by atoms with Gasteiger partial charge in [0.1, 0.15) is 16.5 Å². The fraction of sp³-hybridized carbons (Fsp3) is 0.267. The van der Waals surface area contributed by atoms with Crippen LogP contribution in [0.4, 0.5) is 0 Å². The molecule has 20 heavy (non-hydrogen) atoms. The van der Waals surface area contributed by atoms with E-state index in [1.165, 1.54) is 12.8 Å². The van der Waals surface area contributed by atoms with Crippen LogP contribution in [0, 0.1) is 0 Å². The van der Waals surface area contributed by atoms with Crippen LogP contribution >= 0.6 is 23.2 Å². The Hall–Kier alpha value is -1.29. The van der Waals surface area contributed by atoms with Crippen molar-refractivity contribution in [1.29, 1.82) is 0 Å². The minimum Gasteiger partial charge on any atom is -0.456 e. The predicted molar refractivity (Wildman–Crippen MR) is 80.6 cm³/mol. The summed E-state index contributed by atoms with van der Waals surface area (Å²) in [4.78, 5) is 4.32. The van der Waals surface area contributed by atoms with Crippen molar-refractivity contribution in [3.63, 3.8) is 0 Å². The van der Waals surface area contributed by atoms with Crippen LogP contribution in [0.1, 0.15) is 18.5 Å². The van der Waals surface area contributed by atoms with Gasteiger partial charge in [0.15, 0.2) is 0 Å². The summed E-state index contributed by atoms with van der Waals surface area (Å²) in [7, 11) is 0. The smallest absolute Gasteiger partial charge is 0.147 e. The highest BCUT2D eigenvalue weighted by atomic mass is 35.5. The first-order chi connectivity index (χ1) is 9.72. The largest absolute Gasteiger partial charge is 0.456 e. The maximum Gasteiger partial charge on any atom is 0.147 e. The van der Waals surface area contributed by atoms with Crippen molar-refractivity contribution in [2.24, 2.45) is 0 Å². The van der Waals surface area contributed by atoms with Crippen molar-refractivity contribution in [3.8, 4) is 11.5 Å². The number of nitrogens with one attached hydrogen (secondary N) is 1. The van der Waals surface area contributed by atoms with E-state index < -0.39 is 0 Å². The molecule has 5 heteroatoms. The molecule has 0 amide bonds. The first kappa shape index (κ1) is 13.7. The number of hydrogen-bond donors (Lipinski definition) is 1. The van der Waals surface area contributed by atoms with Crippen LogP contribution in [0.25, 0.3) is 0 Å². The second-order valence-corrected chi connectivity index (χ2v) is 5.58. The first-order valence-electron chi connectivity index (χ1n) is 6.52. The number of benzene rings is 1. The Morgan fingerprint density at radius 1 is 1.25 bits per heavy atom. The standard InChI is InChI=1S/C15H14Cl2N2O/c16-13-2-1-3-14(15(13)17)20-12-6-7-18-11(8-12)9-19-10-4-5-10/h1-3,6-8,10,19H,4-5,9H2. The van der Waals surface area contributed by atoms with Crippen LogP contribution in [-0.2, 0) is 6.54 Å². The van der Waals surface area contributed by atoms with Gasteiger partial charge in [0.05, 0.1) is 10.7 Å². The van der Waals surface area contributed by atoms with E-state index >= 15 is 0 Å². The molecule has 0 radical (unpaired) electrons. The molecule has 3 nitrogen and oxygen atoms in total. The summed E-state index contributed by atoms with van der Waals surface area (Å²) in [6, 6.07) is 9.69. The van der Waals surface area contributed by atoms with Crippen molar-refractivity contribution < 1.29 is 4.74 Å². The molecule has 104 valence electrons. The van der Waals surface area contributed by atoms with Crippen LogP contribution in [0.5, 0.6) is 11.5 Å². The molecule has 1 aromatic carbocycles. The van der Waals surface area contributed by atoms with Gasteiger partial charge in [0.25, 0.3) is 0 Å². The average molecular weight is 309 g/mol. The SMILES string of the molecule is Clc1cccc(Oc2ccnc(CNC3CC3)c2)c1Cl. The lowest BCUT2D eigenvalue weighted by Crippen LogP contribution is -2.16. The van der Waals surface area contributed by atoms with Gasteiger partial charge in [-0.25, -0.2) is 0 Å². The molecule has 1 aliphatic carbocycles. The van der Waals surface area contributed by atoms with Crippen molar-refractivity contribution in [2.75, 3.05) is 0 Å². The zero-order chi connectivity index (χ0) is 13.9. The topological polar surface area (TPSA) is 34.1 Å². The van der Waals surface area contributed by atoms with Crippen LogP contribution < -0.4 is 10.1 Å². The predicted octanol–water partition coefficient (Wildman–Crippen LogP) is 4.43. The number of hydrogen-bond acceptors (Lipinski definition) is 3. The summed E-state index contributed by atoms with van der Waals surface area (Å²) < 4.78 is 5.77. The monoisotopic (exact) mass is 308 g/mol. The molecule has 1 heterocycles. The molecule has 1 aliphatic rings. The normalized spacial score (nSPS) is 14.3. The van der Waals surface area contributed by atoms with Gasteiger partial charge in [-0.3, -0.25) is 4.98 Å². The van der Waals surface area contributed by atoms with Gasteiger partial charge >= 0.3 is 0 Å². The van der Waals surface area contributed by atoms with Crippen LogP contribution in [-0.4, -0.2) is 11.0 Å². The average Bonchev–Trinajstić information content (AvgIpc) is 3.26. The van der Waals surface area contributed by atoms with E-state index in [2.05, 4.69) is 10.3 Å². The number of aromatic nitrogens is 1. The summed E-state index contributed by atoms with van der Waals surface area (Å²) in [6.45, 7) is 0.755. The zero-order valence-corrected chi connectivity index (χ0v) is 12.3. The number of pyridine rings is 1. The molecule has 0 atom stereocenters. The lowest BCUT2D eigenvalue weighted by Gasteiger charge is -2.09. The van der Waals surface area contributed by atoms with Crippen LogP contribution in [0.2, 0.25) is 10.0 Å². The number of ether oxygens (including phenoxy) is 1. The lowest BCUT2D eigenvalue weighted by atomic mass is 10.3. The second kappa shape index (κ2) is 6.00. The molecule has 0 unspecified atom stereocenters. The van der Waals surface area contributed by atoms with Gasteiger partial charge in [-0.2, -0.15) is 0 Å². The molecule has 2 aromatic rings. The summed E-state index contributed by atoms with van der Waals surface area (Å²) in [6.07, 6.45) is 4.25. The van der Waals surface area contributed by atoms with Crippen molar-refractivity contribution in [3.05, 3.63) is 52.3 Å². The third-order valence-corrected chi connectivity index (χ3v) is 3.88. The second-order valence-electron chi connectivity index (χ2n) is 4.79. The molecular weight excluding hydrogens is 295 g/mol. The Morgan fingerprint density at radius 3 is 2.90 bits per heavy atom. The highest BCUT2D eigenvalue weighted by molar-refractivity contribution is 6.42. The Balaban J connectivity index is 1.72. The molecule has 0 aliphatic heterocycles. The summed E-state index contributed by atoms with van der Waals surface area (Å²) in [5.74, 6) is 1.25. The fourth-order valence-electron chi connectivity index (χ4n) is 1.84. The van der Waals surface area contributed by atoms with Gasteiger partial charge < -0.3 is 10.1 Å². The van der Waals surface area contributed by atoms with Gasteiger partial charge in [-0.05, 0) is 31.0 Å². The summed E-state index contributed by atoms with van der Waals surface area (Å²) in [5.41, 5.74) is 0.951. The third-order valence-electron chi connectivity index (χ3n) is 3.08. The fourth-order valence-corrected chi connectivity index (χ4v) is 2.17. The Labute approximate surface area is 127 Å². The Kier molecular flexibility index (Phi) is 4.10. The van der Waals surface area contributed by atoms with E-state index in [1.54, 1.807) is 30.5 Å². The van der Waals surface area contributed by atoms with E-state index in [0.717, 1.165) is 12.2 Å². The maximum atomic E-state index is 6.11. The molecule has 1 fully saturated rings. The van der Waals surface area contributed by atoms with Crippen molar-refractivity contribution >= 4 is 23.2 Å². The highest BCUT2D eigenvalue weighted by Crippen LogP contribution is 2.34. The summed E-state index contributed by atoms with van der Waals surface area (Å²) >= 11 is 12.1. The van der Waals surface area contributed by atoms with Crippen molar-refractivity contribution in [1.82, 2.24) is 10.3 Å². The quantitative estimate of drug-likeness (QED) is 0.887. The van der Waals surface area contributed by atoms with E-state index in [9.17, 15) is 0 Å². The minimum atomic E-state index is 0.420. The molecule has 1 N–H and O–H groups in total. The maximum absolute atomic E-state index is 6.11. The van der Waals surface area contributed by atoms with Crippen molar-refractivity contribution in [2.45, 2.75) is 25.4 Å². The molecule has 1 aromatic heterocycles.